The molecule has 0 heterocycles. The number of rotatable bonds is 3. The third-order valence-corrected chi connectivity index (χ3v) is 14.1. The molecular weight excluding hydrogens is 785 g/mol. The van der Waals surface area contributed by atoms with E-state index in [1.54, 1.807) is 0 Å². The van der Waals surface area contributed by atoms with Crippen molar-refractivity contribution in [1.29, 1.82) is 0 Å². The maximum atomic E-state index is 6.27. The summed E-state index contributed by atoms with van der Waals surface area (Å²) in [7, 11) is 2.75. The van der Waals surface area contributed by atoms with Gasteiger partial charge < -0.3 is 0 Å². The van der Waals surface area contributed by atoms with Crippen LogP contribution >= 0.6 is 159 Å². The molecule has 0 amide bonds. The second kappa shape index (κ2) is 9.66. The molecule has 0 nitrogen and oxygen atoms in total. The van der Waals surface area contributed by atoms with Gasteiger partial charge in [0.15, 0.2) is 0 Å². The van der Waals surface area contributed by atoms with Crippen molar-refractivity contribution in [3.63, 3.8) is 0 Å². The predicted octanol–water partition coefficient (Wildman–Crippen LogP) is 11.6. The zero-order valence-electron chi connectivity index (χ0n) is 10.6. The van der Waals surface area contributed by atoms with Crippen molar-refractivity contribution in [3.05, 3.63) is 47.5 Å². The van der Waals surface area contributed by atoms with E-state index >= 15 is 0 Å². The Morgan fingerprint density at radius 3 is 1.12 bits per heavy atom. The van der Waals surface area contributed by atoms with E-state index in [-0.39, 0.29) is 25.1 Å². The highest BCUT2D eigenvalue weighted by molar-refractivity contribution is 9.15. The molecule has 2 aromatic carbocycles. The summed E-state index contributed by atoms with van der Waals surface area (Å²) in [5.41, 5.74) is 0. The largest absolute Gasteiger partial charge is 0.0813 e. The highest BCUT2D eigenvalue weighted by Gasteiger charge is 2.23. The normalized spacial score (nSPS) is 11.2. The quantitative estimate of drug-likeness (QED) is 0.173. The molecule has 0 radical (unpaired) electrons. The summed E-state index contributed by atoms with van der Waals surface area (Å²) in [5.74, 6) is 0. The van der Waals surface area contributed by atoms with Crippen LogP contribution in [0.25, 0.3) is 0 Å². The molecule has 0 N–H and O–H groups in total. The van der Waals surface area contributed by atoms with Crippen molar-refractivity contribution in [2.24, 2.45) is 0 Å². The fraction of sp³-hybridized carbons (Fsp3) is 0. The molecule has 12 heteroatoms. The Balaban J connectivity index is 2.48. The summed E-state index contributed by atoms with van der Waals surface area (Å²) in [6.07, 6.45) is 0. The van der Waals surface area contributed by atoms with Gasteiger partial charge in [0.1, 0.15) is 0 Å². The van der Waals surface area contributed by atoms with Crippen molar-refractivity contribution in [1.82, 2.24) is 0 Å². The van der Waals surface area contributed by atoms with E-state index in [1.807, 2.05) is 0 Å². The minimum atomic E-state index is 0.138. The fourth-order valence-corrected chi connectivity index (χ4v) is 9.96. The molecule has 0 aliphatic heterocycles. The molecule has 0 aliphatic rings. The lowest BCUT2D eigenvalue weighted by molar-refractivity contribution is 1.29. The lowest BCUT2D eigenvalue weighted by atomic mass is 10.3. The number of hydrogen-bond acceptors (Lipinski definition) is 2. The Bertz CT molecular complexity index is 718. The lowest BCUT2D eigenvalue weighted by Crippen LogP contribution is -1.86. The highest BCUT2D eigenvalue weighted by atomic mass is 79.9. The zero-order valence-corrected chi connectivity index (χ0v) is 23.9. The van der Waals surface area contributed by atoms with Crippen LogP contribution < -0.4 is 0 Å². The summed E-state index contributed by atoms with van der Waals surface area (Å²) in [6, 6.07) is 0. The van der Waals surface area contributed by atoms with Gasteiger partial charge >= 0.3 is 0 Å². The van der Waals surface area contributed by atoms with Crippen molar-refractivity contribution in [3.8, 4) is 0 Å². The summed E-state index contributed by atoms with van der Waals surface area (Å²) < 4.78 is 4.33. The molecule has 0 spiro atoms. The molecule has 0 unspecified atom stereocenters. The summed E-state index contributed by atoms with van der Waals surface area (Å²) >= 11 is 48.4. The molecule has 0 atom stereocenters. The average molecular weight is 785 g/mol. The topological polar surface area (TPSA) is 0 Å². The van der Waals surface area contributed by atoms with Gasteiger partial charge in [-0.05, 0) is 101 Å². The molecule has 0 bridgehead atoms. The van der Waals surface area contributed by atoms with Crippen LogP contribution in [0, 0.1) is 0 Å². The third kappa shape index (κ3) is 4.59. The fourth-order valence-electron chi connectivity index (χ4n) is 1.40. The Morgan fingerprint density at radius 2 is 0.708 bits per heavy atom. The molecule has 0 saturated carbocycles. The molecule has 0 aromatic heterocycles. The van der Waals surface area contributed by atoms with Crippen molar-refractivity contribution in [2.45, 2.75) is 9.79 Å². The third-order valence-electron chi connectivity index (χ3n) is 2.55. The van der Waals surface area contributed by atoms with Crippen molar-refractivity contribution < 1.29 is 0 Å². The van der Waals surface area contributed by atoms with Crippen molar-refractivity contribution >= 4 is 159 Å². The lowest BCUT2D eigenvalue weighted by Gasteiger charge is -2.15. The van der Waals surface area contributed by atoms with Gasteiger partial charge in [-0.1, -0.05) is 58.0 Å². The molecule has 0 aliphatic carbocycles. The Labute approximate surface area is 213 Å². The SMILES string of the molecule is Clc1c(Cl)c(Cl)c(SSc2c(Br)c(Br)c(Br)c(Br)c2Br)c(Cl)c1Cl. The zero-order chi connectivity index (χ0) is 18.3. The second-order valence-electron chi connectivity index (χ2n) is 3.96. The monoisotopic (exact) mass is 777 g/mol. The standard InChI is InChI=1S/C12Br5Cl5S2/c13-1-2(14)4(16)11(5(17)3(1)15)23-24-12-9(21)7(19)6(18)8(20)10(12)22. The van der Waals surface area contributed by atoms with Crippen LogP contribution in [0.3, 0.4) is 0 Å². The van der Waals surface area contributed by atoms with E-state index < -0.39 is 0 Å². The Kier molecular flexibility index (Phi) is 9.37. The molecule has 130 valence electrons. The molecule has 0 fully saturated rings. The molecule has 2 aromatic rings. The first kappa shape index (κ1) is 23.3. The van der Waals surface area contributed by atoms with E-state index in [0.29, 0.717) is 4.90 Å². The first-order valence-electron chi connectivity index (χ1n) is 5.46. The van der Waals surface area contributed by atoms with Gasteiger partial charge in [-0.15, -0.1) is 0 Å². The van der Waals surface area contributed by atoms with Gasteiger partial charge in [-0.25, -0.2) is 0 Å². The van der Waals surface area contributed by atoms with E-state index in [9.17, 15) is 0 Å². The maximum absolute atomic E-state index is 6.27. The Hall–Kier alpha value is 2.99. The number of hydrogen-bond donors (Lipinski definition) is 0. The minimum absolute atomic E-state index is 0.138. The van der Waals surface area contributed by atoms with Crippen LogP contribution in [-0.2, 0) is 0 Å². The van der Waals surface area contributed by atoms with Crippen LogP contribution in [0.2, 0.25) is 25.1 Å². The van der Waals surface area contributed by atoms with Crippen molar-refractivity contribution in [2.75, 3.05) is 0 Å². The van der Waals surface area contributed by atoms with Gasteiger partial charge in [-0.2, -0.15) is 0 Å². The van der Waals surface area contributed by atoms with Crippen LogP contribution in [0.5, 0.6) is 0 Å². The first-order valence-corrected chi connectivity index (χ1v) is 13.5. The van der Waals surface area contributed by atoms with Crippen LogP contribution in [0.15, 0.2) is 32.2 Å². The summed E-state index contributed by atoms with van der Waals surface area (Å²) in [5, 5.41) is 1.01. The molecule has 0 saturated heterocycles. The average Bonchev–Trinajstić information content (AvgIpc) is 2.57. The van der Waals surface area contributed by atoms with E-state index in [1.165, 1.54) is 21.6 Å². The minimum Gasteiger partial charge on any atom is -0.0813 e. The highest BCUT2D eigenvalue weighted by Crippen LogP contribution is 2.56. The number of halogens is 10. The molecule has 2 rings (SSSR count). The van der Waals surface area contributed by atoms with Gasteiger partial charge in [0.2, 0.25) is 0 Å². The number of benzene rings is 2. The van der Waals surface area contributed by atoms with Crippen LogP contribution in [0.1, 0.15) is 0 Å². The molecule has 24 heavy (non-hydrogen) atoms. The summed E-state index contributed by atoms with van der Waals surface area (Å²) in [6.45, 7) is 0. The van der Waals surface area contributed by atoms with Gasteiger partial charge in [0, 0.05) is 27.3 Å². The Morgan fingerprint density at radius 1 is 0.417 bits per heavy atom. The van der Waals surface area contributed by atoms with E-state index in [4.69, 9.17) is 58.0 Å². The van der Waals surface area contributed by atoms with E-state index in [0.717, 1.165) is 27.3 Å². The maximum Gasteiger partial charge on any atom is 0.0809 e. The smallest absolute Gasteiger partial charge is 0.0809 e. The predicted molar refractivity (Wildman–Crippen MR) is 128 cm³/mol. The van der Waals surface area contributed by atoms with Crippen LogP contribution in [0.4, 0.5) is 0 Å². The van der Waals surface area contributed by atoms with Crippen LogP contribution in [-0.4, -0.2) is 0 Å². The van der Waals surface area contributed by atoms with E-state index in [2.05, 4.69) is 79.6 Å². The van der Waals surface area contributed by atoms with Gasteiger partial charge in [0.05, 0.1) is 30.0 Å². The first-order chi connectivity index (χ1) is 11.1. The second-order valence-corrected chi connectivity index (χ2v) is 12.0. The van der Waals surface area contributed by atoms with Gasteiger partial charge in [-0.3, -0.25) is 0 Å². The molecular formula is C12Br5Cl5S2. The van der Waals surface area contributed by atoms with Gasteiger partial charge in [0.25, 0.3) is 0 Å². The summed E-state index contributed by atoms with van der Waals surface area (Å²) in [4.78, 5) is 1.45.